The van der Waals surface area contributed by atoms with Crippen LogP contribution in [0.2, 0.25) is 0 Å². The highest BCUT2D eigenvalue weighted by atomic mass is 16.5. The van der Waals surface area contributed by atoms with Crippen LogP contribution in [0.3, 0.4) is 0 Å². The number of carbonyl (C=O) groups is 1. The Morgan fingerprint density at radius 3 is 2.65 bits per heavy atom. The Bertz CT molecular complexity index is 494. The first kappa shape index (κ1) is 13.6. The van der Waals surface area contributed by atoms with E-state index in [-0.39, 0.29) is 0 Å². The fourth-order valence-electron chi connectivity index (χ4n) is 3.32. The van der Waals surface area contributed by atoms with Crippen LogP contribution in [0.4, 0.5) is 0 Å². The van der Waals surface area contributed by atoms with E-state index in [1.54, 1.807) is 0 Å². The van der Waals surface area contributed by atoms with Gasteiger partial charge in [0, 0.05) is 32.8 Å². The van der Waals surface area contributed by atoms with Crippen LogP contribution < -0.4 is 0 Å². The van der Waals surface area contributed by atoms with Crippen molar-refractivity contribution in [3.05, 3.63) is 35.4 Å². The topological polar surface area (TPSA) is 49.8 Å². The normalized spacial score (nSPS) is 22.2. The highest BCUT2D eigenvalue weighted by molar-refractivity contribution is 5.75. The monoisotopic (exact) mass is 275 g/mol. The average Bonchev–Trinajstić information content (AvgIpc) is 2.48. The molecule has 108 valence electrons. The molecule has 2 heterocycles. The number of aliphatic carboxylic acids is 1. The van der Waals surface area contributed by atoms with Crippen molar-refractivity contribution in [2.24, 2.45) is 5.41 Å². The lowest BCUT2D eigenvalue weighted by Gasteiger charge is -2.39. The maximum atomic E-state index is 11.7. The van der Waals surface area contributed by atoms with Gasteiger partial charge in [0.2, 0.25) is 0 Å². The third kappa shape index (κ3) is 2.58. The number of fused-ring (bicyclic) bond motifs is 1. The van der Waals surface area contributed by atoms with E-state index >= 15 is 0 Å². The number of carboxylic acid groups (broad SMARTS) is 1. The van der Waals surface area contributed by atoms with Crippen molar-refractivity contribution in [3.8, 4) is 0 Å². The van der Waals surface area contributed by atoms with Gasteiger partial charge in [-0.3, -0.25) is 9.69 Å². The van der Waals surface area contributed by atoms with Crippen molar-refractivity contribution in [1.82, 2.24) is 4.90 Å². The molecule has 0 amide bonds. The van der Waals surface area contributed by atoms with E-state index in [1.165, 1.54) is 11.1 Å². The Hall–Kier alpha value is -1.39. The Morgan fingerprint density at radius 1 is 1.25 bits per heavy atom. The fourth-order valence-corrected chi connectivity index (χ4v) is 3.32. The Morgan fingerprint density at radius 2 is 1.95 bits per heavy atom. The van der Waals surface area contributed by atoms with Gasteiger partial charge in [0.25, 0.3) is 0 Å². The smallest absolute Gasteiger partial charge is 0.311 e. The van der Waals surface area contributed by atoms with Crippen LogP contribution in [0.15, 0.2) is 24.3 Å². The minimum Gasteiger partial charge on any atom is -0.481 e. The lowest BCUT2D eigenvalue weighted by atomic mass is 9.79. The first-order valence-corrected chi connectivity index (χ1v) is 7.30. The molecule has 1 saturated heterocycles. The van der Waals surface area contributed by atoms with E-state index in [1.807, 2.05) is 0 Å². The van der Waals surface area contributed by atoms with Gasteiger partial charge in [-0.05, 0) is 30.4 Å². The minimum absolute atomic E-state index is 0.566. The summed E-state index contributed by atoms with van der Waals surface area (Å²) in [5, 5.41) is 9.63. The van der Waals surface area contributed by atoms with E-state index in [2.05, 4.69) is 29.2 Å². The average molecular weight is 275 g/mol. The molecule has 0 aliphatic carbocycles. The summed E-state index contributed by atoms with van der Waals surface area (Å²) in [6.45, 7) is 3.59. The predicted octanol–water partition coefficient (Wildman–Crippen LogP) is 1.93. The van der Waals surface area contributed by atoms with Gasteiger partial charge in [-0.2, -0.15) is 0 Å². The molecule has 1 fully saturated rings. The van der Waals surface area contributed by atoms with E-state index in [9.17, 15) is 9.90 Å². The number of nitrogens with zero attached hydrogens (tertiary/aromatic N) is 1. The molecular formula is C16H21NO3. The van der Waals surface area contributed by atoms with Crippen molar-refractivity contribution in [1.29, 1.82) is 0 Å². The molecule has 0 radical (unpaired) electrons. The Labute approximate surface area is 119 Å². The molecule has 2 aliphatic heterocycles. The van der Waals surface area contributed by atoms with Crippen molar-refractivity contribution < 1.29 is 14.6 Å². The number of carboxylic acids is 1. The van der Waals surface area contributed by atoms with Gasteiger partial charge in [0.1, 0.15) is 0 Å². The SMILES string of the molecule is O=C(O)C1(CN2CCc3ccccc3C2)CCOCC1. The molecule has 3 rings (SSSR count). The molecular weight excluding hydrogens is 254 g/mol. The third-order valence-corrected chi connectivity index (χ3v) is 4.64. The minimum atomic E-state index is -0.667. The van der Waals surface area contributed by atoms with E-state index in [0.29, 0.717) is 32.6 Å². The quantitative estimate of drug-likeness (QED) is 0.915. The summed E-state index contributed by atoms with van der Waals surface area (Å²) in [7, 11) is 0. The largest absolute Gasteiger partial charge is 0.481 e. The Kier molecular flexibility index (Phi) is 3.76. The molecule has 4 nitrogen and oxygen atoms in total. The van der Waals surface area contributed by atoms with Crippen molar-refractivity contribution in [3.63, 3.8) is 0 Å². The highest BCUT2D eigenvalue weighted by Gasteiger charge is 2.41. The first-order chi connectivity index (χ1) is 9.70. The standard InChI is InChI=1S/C16H21NO3/c18-15(19)16(6-9-20-10-7-16)12-17-8-5-13-3-1-2-4-14(13)11-17/h1-4H,5-12H2,(H,18,19). The van der Waals surface area contributed by atoms with Crippen molar-refractivity contribution in [2.45, 2.75) is 25.8 Å². The summed E-state index contributed by atoms with van der Waals surface area (Å²) >= 11 is 0. The van der Waals surface area contributed by atoms with E-state index < -0.39 is 11.4 Å². The summed E-state index contributed by atoms with van der Waals surface area (Å²) in [5.74, 6) is -0.667. The molecule has 0 spiro atoms. The molecule has 4 heteroatoms. The zero-order valence-electron chi connectivity index (χ0n) is 11.7. The van der Waals surface area contributed by atoms with Crippen LogP contribution in [0.1, 0.15) is 24.0 Å². The first-order valence-electron chi connectivity index (χ1n) is 7.30. The second kappa shape index (κ2) is 5.54. The number of ether oxygens (including phenoxy) is 1. The predicted molar refractivity (Wildman–Crippen MR) is 75.5 cm³/mol. The van der Waals surface area contributed by atoms with Crippen LogP contribution in [0.5, 0.6) is 0 Å². The fraction of sp³-hybridized carbons (Fsp3) is 0.562. The summed E-state index contributed by atoms with van der Waals surface area (Å²) in [6.07, 6.45) is 2.27. The highest BCUT2D eigenvalue weighted by Crippen LogP contribution is 2.33. The van der Waals surface area contributed by atoms with Gasteiger partial charge in [-0.15, -0.1) is 0 Å². The van der Waals surface area contributed by atoms with Crippen LogP contribution in [-0.2, 0) is 22.5 Å². The lowest BCUT2D eigenvalue weighted by Crippen LogP contribution is -2.47. The van der Waals surface area contributed by atoms with Crippen molar-refractivity contribution >= 4 is 5.97 Å². The van der Waals surface area contributed by atoms with Gasteiger partial charge < -0.3 is 9.84 Å². The molecule has 0 aromatic heterocycles. The number of hydrogen-bond acceptors (Lipinski definition) is 3. The summed E-state index contributed by atoms with van der Waals surface area (Å²) in [6, 6.07) is 8.46. The molecule has 1 aromatic rings. The summed E-state index contributed by atoms with van der Waals surface area (Å²) < 4.78 is 5.34. The van der Waals surface area contributed by atoms with Crippen LogP contribution in [0, 0.1) is 5.41 Å². The number of benzene rings is 1. The number of hydrogen-bond donors (Lipinski definition) is 1. The zero-order valence-corrected chi connectivity index (χ0v) is 11.7. The molecule has 0 unspecified atom stereocenters. The molecule has 1 N–H and O–H groups in total. The maximum absolute atomic E-state index is 11.7. The summed E-state index contributed by atoms with van der Waals surface area (Å²) in [5.41, 5.74) is 2.12. The second-order valence-corrected chi connectivity index (χ2v) is 5.93. The van der Waals surface area contributed by atoms with Crippen LogP contribution >= 0.6 is 0 Å². The van der Waals surface area contributed by atoms with Crippen LogP contribution in [-0.4, -0.2) is 42.3 Å². The third-order valence-electron chi connectivity index (χ3n) is 4.64. The van der Waals surface area contributed by atoms with E-state index in [4.69, 9.17) is 4.74 Å². The molecule has 0 bridgehead atoms. The summed E-state index contributed by atoms with van der Waals surface area (Å²) in [4.78, 5) is 14.0. The second-order valence-electron chi connectivity index (χ2n) is 5.93. The molecule has 1 aromatic carbocycles. The van der Waals surface area contributed by atoms with E-state index in [0.717, 1.165) is 19.5 Å². The van der Waals surface area contributed by atoms with Gasteiger partial charge in [0.15, 0.2) is 0 Å². The van der Waals surface area contributed by atoms with Crippen LogP contribution in [0.25, 0.3) is 0 Å². The number of rotatable bonds is 3. The molecule has 2 aliphatic rings. The maximum Gasteiger partial charge on any atom is 0.311 e. The lowest BCUT2D eigenvalue weighted by molar-refractivity contribution is -0.156. The van der Waals surface area contributed by atoms with Gasteiger partial charge in [-0.1, -0.05) is 24.3 Å². The molecule has 20 heavy (non-hydrogen) atoms. The van der Waals surface area contributed by atoms with Gasteiger partial charge >= 0.3 is 5.97 Å². The zero-order chi connectivity index (χ0) is 14.0. The van der Waals surface area contributed by atoms with Crippen molar-refractivity contribution in [2.75, 3.05) is 26.3 Å². The van der Waals surface area contributed by atoms with Gasteiger partial charge in [0.05, 0.1) is 5.41 Å². The van der Waals surface area contributed by atoms with Gasteiger partial charge in [-0.25, -0.2) is 0 Å². The Balaban J connectivity index is 1.73. The molecule has 0 atom stereocenters. The molecule has 0 saturated carbocycles.